The number of benzene rings is 8. The van der Waals surface area contributed by atoms with Crippen molar-refractivity contribution in [3.05, 3.63) is 202 Å². The highest BCUT2D eigenvalue weighted by Crippen LogP contribution is 2.54. The zero-order valence-corrected chi connectivity index (χ0v) is 52.3. The Hall–Kier alpha value is -6.78. The predicted molar refractivity (Wildman–Crippen MR) is 352 cm³/mol. The van der Waals surface area contributed by atoms with Crippen LogP contribution in [-0.4, -0.2) is 6.71 Å². The number of nitrogens with zero attached hydrogens (tertiary/aromatic N) is 3. The number of hydrogen-bond donors (Lipinski definition) is 0. The molecule has 4 heteroatoms. The summed E-state index contributed by atoms with van der Waals surface area (Å²) < 4.78 is 0. The first kappa shape index (κ1) is 54.8. The fraction of sp³-hybridized carbons (Fsp3) is 0.377. The van der Waals surface area contributed by atoms with E-state index in [-0.39, 0.29) is 44.6 Å². The van der Waals surface area contributed by atoms with E-state index in [9.17, 15) is 0 Å². The van der Waals surface area contributed by atoms with Crippen molar-refractivity contribution in [3.8, 4) is 11.1 Å². The molecule has 0 atom stereocenters. The van der Waals surface area contributed by atoms with E-state index in [4.69, 9.17) is 0 Å². The Labute approximate surface area is 487 Å². The van der Waals surface area contributed by atoms with Crippen LogP contribution < -0.4 is 31.1 Å². The molecule has 0 saturated heterocycles. The Morgan fingerprint density at radius 3 is 1.40 bits per heavy atom. The molecule has 2 aliphatic heterocycles. The van der Waals surface area contributed by atoms with Gasteiger partial charge in [-0.2, -0.15) is 0 Å². The quantitative estimate of drug-likeness (QED) is 0.154. The van der Waals surface area contributed by atoms with Crippen LogP contribution in [0.1, 0.15) is 188 Å². The van der Waals surface area contributed by atoms with Crippen molar-refractivity contribution < 1.29 is 0 Å². The van der Waals surface area contributed by atoms with Gasteiger partial charge in [-0.25, -0.2) is 0 Å². The molecule has 0 fully saturated rings. The van der Waals surface area contributed by atoms with E-state index >= 15 is 0 Å². The molecule has 2 aliphatic carbocycles. The number of anilines is 9. The van der Waals surface area contributed by atoms with Crippen LogP contribution in [0.25, 0.3) is 11.1 Å². The van der Waals surface area contributed by atoms with Crippen LogP contribution in [0, 0.1) is 6.92 Å². The van der Waals surface area contributed by atoms with Gasteiger partial charge in [0.25, 0.3) is 6.71 Å². The topological polar surface area (TPSA) is 9.72 Å². The third kappa shape index (κ3) is 9.27. The van der Waals surface area contributed by atoms with Gasteiger partial charge in [0.15, 0.2) is 0 Å². The third-order valence-corrected chi connectivity index (χ3v) is 19.7. The second-order valence-electron chi connectivity index (χ2n) is 30.6. The standard InChI is InChI=1S/C77H88BN3/c1-49-42-68-70-69(43-49)81(65-37-28-53(73(8,9)10)44-58(65)50-22-20-19-21-23-50)66-46-57(79(54-29-24-51(25-30-54)71(2,3)4)55-31-26-52(27-32-55)72(5,6)7)34-36-63(66)78(70)64-47-61-62(77(17,18)41-40-76(61,15)16)48-67(64)80(68)56-33-35-59-60(45-56)75(13,14)39-38-74(59,11)12/h19-37,42-48H,38-41H2,1-18H3. The van der Waals surface area contributed by atoms with Crippen LogP contribution in [0.5, 0.6) is 0 Å². The molecule has 3 nitrogen and oxygen atoms in total. The highest BCUT2D eigenvalue weighted by atomic mass is 15.2. The van der Waals surface area contributed by atoms with Gasteiger partial charge < -0.3 is 14.7 Å². The van der Waals surface area contributed by atoms with Crippen molar-refractivity contribution in [1.82, 2.24) is 0 Å². The summed E-state index contributed by atoms with van der Waals surface area (Å²) in [7, 11) is 0. The second kappa shape index (κ2) is 18.6. The normalized spacial score (nSPS) is 17.4. The van der Waals surface area contributed by atoms with Gasteiger partial charge in [-0.05, 0) is 216 Å². The first-order chi connectivity index (χ1) is 37.9. The van der Waals surface area contributed by atoms with Crippen LogP contribution >= 0.6 is 0 Å². The summed E-state index contributed by atoms with van der Waals surface area (Å²) >= 11 is 0. The molecule has 0 N–H and O–H groups in total. The summed E-state index contributed by atoms with van der Waals surface area (Å²) in [5.41, 5.74) is 28.7. The number of aryl methyl sites for hydroxylation is 1. The molecule has 0 aromatic heterocycles. The first-order valence-corrected chi connectivity index (χ1v) is 30.4. The van der Waals surface area contributed by atoms with Crippen molar-refractivity contribution in [2.24, 2.45) is 0 Å². The summed E-state index contributed by atoms with van der Waals surface area (Å²) in [5.74, 6) is 0. The summed E-state index contributed by atoms with van der Waals surface area (Å²) in [4.78, 5) is 7.87. The molecule has 414 valence electrons. The van der Waals surface area contributed by atoms with Crippen LogP contribution in [0.3, 0.4) is 0 Å². The Morgan fingerprint density at radius 2 is 0.852 bits per heavy atom. The molecule has 8 aromatic carbocycles. The Balaban J connectivity index is 1.19. The van der Waals surface area contributed by atoms with Crippen LogP contribution in [0.15, 0.2) is 158 Å². The summed E-state index contributed by atoms with van der Waals surface area (Å²) in [6.07, 6.45) is 4.66. The molecule has 2 heterocycles. The lowest BCUT2D eigenvalue weighted by molar-refractivity contribution is 0.332. The predicted octanol–water partition coefficient (Wildman–Crippen LogP) is 19.8. The van der Waals surface area contributed by atoms with E-state index in [1.54, 1.807) is 0 Å². The minimum Gasteiger partial charge on any atom is -0.311 e. The Kier molecular flexibility index (Phi) is 12.6. The Bertz CT molecular complexity index is 3720. The van der Waals surface area contributed by atoms with E-state index < -0.39 is 0 Å². The average molecular weight is 1070 g/mol. The van der Waals surface area contributed by atoms with E-state index in [0.29, 0.717) is 0 Å². The van der Waals surface area contributed by atoms with Gasteiger partial charge in [0.1, 0.15) is 0 Å². The van der Waals surface area contributed by atoms with E-state index in [1.165, 1.54) is 119 Å². The SMILES string of the molecule is Cc1cc2c3c(c1)N(c1ccc(C(C)(C)C)cc1-c1ccccc1)c1cc(N(c4ccc(C(C)(C)C)cc4)c4ccc(C(C)(C)C)cc4)ccc1B3c1cc3c(cc1N2c1ccc2c(c1)C(C)(C)CCC2(C)C)C(C)(C)CCC3(C)C. The van der Waals surface area contributed by atoms with E-state index in [0.717, 1.165) is 29.9 Å². The van der Waals surface area contributed by atoms with Crippen molar-refractivity contribution in [2.45, 2.75) is 188 Å². The number of hydrogen-bond acceptors (Lipinski definition) is 3. The maximum atomic E-state index is 2.70. The molecule has 0 bridgehead atoms. The van der Waals surface area contributed by atoms with Gasteiger partial charge in [0, 0.05) is 51.1 Å². The Morgan fingerprint density at radius 1 is 0.383 bits per heavy atom. The molecule has 0 amide bonds. The molecule has 0 radical (unpaired) electrons. The van der Waals surface area contributed by atoms with Gasteiger partial charge >= 0.3 is 0 Å². The monoisotopic (exact) mass is 1070 g/mol. The third-order valence-electron chi connectivity index (χ3n) is 19.7. The van der Waals surface area contributed by atoms with Crippen molar-refractivity contribution in [1.29, 1.82) is 0 Å². The molecule has 81 heavy (non-hydrogen) atoms. The lowest BCUT2D eigenvalue weighted by Crippen LogP contribution is -2.62. The van der Waals surface area contributed by atoms with E-state index in [2.05, 4.69) is 297 Å². The van der Waals surface area contributed by atoms with E-state index in [1.807, 2.05) is 0 Å². The van der Waals surface area contributed by atoms with Crippen LogP contribution in [0.4, 0.5) is 51.2 Å². The van der Waals surface area contributed by atoms with Gasteiger partial charge in [-0.3, -0.25) is 0 Å². The zero-order chi connectivity index (χ0) is 57.7. The lowest BCUT2D eigenvalue weighted by atomic mass is 9.33. The molecule has 12 rings (SSSR count). The molecule has 0 unspecified atom stereocenters. The molecular weight excluding hydrogens is 978 g/mol. The molecule has 8 aromatic rings. The highest BCUT2D eigenvalue weighted by molar-refractivity contribution is 7.00. The maximum Gasteiger partial charge on any atom is 0.252 e. The molecule has 0 saturated carbocycles. The zero-order valence-electron chi connectivity index (χ0n) is 52.3. The average Bonchev–Trinajstić information content (AvgIpc) is 3.54. The van der Waals surface area contributed by atoms with Gasteiger partial charge in [0.2, 0.25) is 0 Å². The highest BCUT2D eigenvalue weighted by Gasteiger charge is 2.48. The van der Waals surface area contributed by atoms with Crippen molar-refractivity contribution in [2.75, 3.05) is 14.7 Å². The summed E-state index contributed by atoms with van der Waals surface area (Å²) in [6, 6.07) is 62.5. The lowest BCUT2D eigenvalue weighted by Gasteiger charge is -2.48. The summed E-state index contributed by atoms with van der Waals surface area (Å²) in [6.45, 7) is 43.0. The van der Waals surface area contributed by atoms with Crippen LogP contribution in [0.2, 0.25) is 0 Å². The van der Waals surface area contributed by atoms with Crippen molar-refractivity contribution in [3.63, 3.8) is 0 Å². The fourth-order valence-electron chi connectivity index (χ4n) is 14.3. The smallest absolute Gasteiger partial charge is 0.252 e. The molecule has 4 aliphatic rings. The number of rotatable bonds is 6. The maximum absolute atomic E-state index is 2.70. The largest absolute Gasteiger partial charge is 0.311 e. The minimum atomic E-state index is -0.0570. The molecule has 0 spiro atoms. The second-order valence-corrected chi connectivity index (χ2v) is 30.6. The summed E-state index contributed by atoms with van der Waals surface area (Å²) in [5, 5.41) is 0. The van der Waals surface area contributed by atoms with Crippen LogP contribution in [-0.2, 0) is 37.9 Å². The first-order valence-electron chi connectivity index (χ1n) is 30.4. The molecular formula is C77H88BN3. The van der Waals surface area contributed by atoms with Gasteiger partial charge in [-0.1, -0.05) is 197 Å². The fourth-order valence-corrected chi connectivity index (χ4v) is 14.3. The number of fused-ring (bicyclic) bond motifs is 6. The van der Waals surface area contributed by atoms with Gasteiger partial charge in [0.05, 0.1) is 5.69 Å². The van der Waals surface area contributed by atoms with Gasteiger partial charge in [-0.15, -0.1) is 0 Å². The van der Waals surface area contributed by atoms with Crippen molar-refractivity contribution >= 4 is 74.3 Å². The minimum absolute atomic E-state index is 0.0148.